The van der Waals surface area contributed by atoms with Gasteiger partial charge in [0.15, 0.2) is 0 Å². The van der Waals surface area contributed by atoms with Crippen molar-refractivity contribution in [3.05, 3.63) is 104 Å². The molecule has 0 heterocycles. The number of fused-ring (bicyclic) bond motifs is 3. The van der Waals surface area contributed by atoms with Crippen LogP contribution in [0.2, 0.25) is 0 Å². The molecule has 0 saturated heterocycles. The first-order valence-electron chi connectivity index (χ1n) is 10.3. The van der Waals surface area contributed by atoms with Gasteiger partial charge in [-0.25, -0.2) is 12.1 Å². The topological polar surface area (TPSA) is 0 Å². The fourth-order valence-corrected chi connectivity index (χ4v) is 3.23. The van der Waals surface area contributed by atoms with Crippen LogP contribution in [0.5, 0.6) is 0 Å². The second-order valence-electron chi connectivity index (χ2n) is 7.08. The molecule has 1 saturated carbocycles. The fourth-order valence-electron chi connectivity index (χ4n) is 3.23. The Kier molecular flexibility index (Phi) is 13.2. The molecule has 1 aliphatic carbocycles. The number of benzene rings is 2. The first kappa shape index (κ1) is 25.3. The van der Waals surface area contributed by atoms with Crippen LogP contribution in [-0.2, 0) is 26.2 Å². The molecule has 29 heavy (non-hydrogen) atoms. The summed E-state index contributed by atoms with van der Waals surface area (Å²) in [4.78, 5) is 0. The van der Waals surface area contributed by atoms with E-state index in [4.69, 9.17) is 6.58 Å². The molecule has 0 unspecified atom stereocenters. The van der Waals surface area contributed by atoms with Crippen LogP contribution in [0.3, 0.4) is 0 Å². The van der Waals surface area contributed by atoms with Gasteiger partial charge in [0.05, 0.1) is 0 Å². The van der Waals surface area contributed by atoms with Gasteiger partial charge in [-0.1, -0.05) is 68.5 Å². The van der Waals surface area contributed by atoms with E-state index in [0.717, 1.165) is 0 Å². The van der Waals surface area contributed by atoms with E-state index in [0.29, 0.717) is 0 Å². The van der Waals surface area contributed by atoms with Crippen molar-refractivity contribution < 1.29 is 26.2 Å². The summed E-state index contributed by atoms with van der Waals surface area (Å²) in [6.07, 6.45) is 8.40. The van der Waals surface area contributed by atoms with Crippen molar-refractivity contribution in [1.29, 1.82) is 0 Å². The SMILES string of the molecule is C[CH-]C.[CH-]=C1CCCCC1.[Zr+4].c1cc[cH-]c1.c1ccc2c(c1)[cH-]c1ccccc12. The zero-order valence-electron chi connectivity index (χ0n) is 17.8. The number of hydrogen-bond acceptors (Lipinski definition) is 0. The van der Waals surface area contributed by atoms with Crippen molar-refractivity contribution in [3.63, 3.8) is 0 Å². The third-order valence-corrected chi connectivity index (χ3v) is 4.57. The molecule has 0 radical (unpaired) electrons. The van der Waals surface area contributed by atoms with Gasteiger partial charge >= 0.3 is 26.2 Å². The first-order chi connectivity index (χ1) is 13.8. The van der Waals surface area contributed by atoms with Gasteiger partial charge in [-0.15, -0.1) is 39.7 Å². The Morgan fingerprint density at radius 1 is 0.724 bits per heavy atom. The molecule has 4 aromatic carbocycles. The Bertz CT molecular complexity index is 836. The Morgan fingerprint density at radius 2 is 1.17 bits per heavy atom. The summed E-state index contributed by atoms with van der Waals surface area (Å²) >= 11 is 0. The fraction of sp³-hybridized carbons (Fsp3) is 0.250. The van der Waals surface area contributed by atoms with Crippen molar-refractivity contribution in [1.82, 2.24) is 0 Å². The van der Waals surface area contributed by atoms with Gasteiger partial charge in [0, 0.05) is 0 Å². The second kappa shape index (κ2) is 15.2. The molecule has 1 heteroatoms. The van der Waals surface area contributed by atoms with Gasteiger partial charge in [0.2, 0.25) is 0 Å². The first-order valence-corrected chi connectivity index (χ1v) is 10.3. The maximum atomic E-state index is 5.55. The summed E-state index contributed by atoms with van der Waals surface area (Å²) in [5.41, 5.74) is 1.21. The van der Waals surface area contributed by atoms with Gasteiger partial charge in [-0.2, -0.15) is 32.0 Å². The van der Waals surface area contributed by atoms with Gasteiger partial charge < -0.3 is 13.0 Å². The van der Waals surface area contributed by atoms with E-state index in [1.165, 1.54) is 59.2 Å². The molecule has 0 N–H and O–H groups in total. The Morgan fingerprint density at radius 3 is 1.52 bits per heavy atom. The monoisotopic (exact) mass is 458 g/mol. The molecule has 4 aromatic rings. The minimum atomic E-state index is 0. The molecule has 0 aliphatic heterocycles. The maximum Gasteiger partial charge on any atom is 4.00 e. The van der Waals surface area contributed by atoms with Crippen LogP contribution in [-0.4, -0.2) is 0 Å². The van der Waals surface area contributed by atoms with Crippen molar-refractivity contribution in [2.45, 2.75) is 46.0 Å². The summed E-state index contributed by atoms with van der Waals surface area (Å²) < 4.78 is 0. The van der Waals surface area contributed by atoms with Crippen LogP contribution in [0.25, 0.3) is 21.5 Å². The molecule has 1 aliphatic rings. The molecule has 1 fully saturated rings. The third-order valence-electron chi connectivity index (χ3n) is 4.57. The van der Waals surface area contributed by atoms with E-state index in [9.17, 15) is 0 Å². The van der Waals surface area contributed by atoms with Crippen LogP contribution in [0.4, 0.5) is 0 Å². The summed E-state index contributed by atoms with van der Waals surface area (Å²) in [5, 5.41) is 5.39. The summed E-state index contributed by atoms with van der Waals surface area (Å²) in [6, 6.07) is 29.3. The number of allylic oxidation sites excluding steroid dienone is 1. The van der Waals surface area contributed by atoms with E-state index in [1.54, 1.807) is 0 Å². The molecular formula is C28H32Zr. The quantitative estimate of drug-likeness (QED) is 0.231. The van der Waals surface area contributed by atoms with Gasteiger partial charge in [0.25, 0.3) is 0 Å². The molecule has 0 amide bonds. The van der Waals surface area contributed by atoms with Gasteiger partial charge in [-0.05, 0) is 0 Å². The van der Waals surface area contributed by atoms with Crippen molar-refractivity contribution in [3.8, 4) is 0 Å². The zero-order valence-corrected chi connectivity index (χ0v) is 20.2. The van der Waals surface area contributed by atoms with Crippen molar-refractivity contribution in [2.75, 3.05) is 0 Å². The normalized spacial score (nSPS) is 12.4. The van der Waals surface area contributed by atoms with Crippen molar-refractivity contribution in [2.24, 2.45) is 0 Å². The molecule has 5 rings (SSSR count). The van der Waals surface area contributed by atoms with Gasteiger partial charge in [-0.3, -0.25) is 5.57 Å². The van der Waals surface area contributed by atoms with Crippen LogP contribution in [0, 0.1) is 13.0 Å². The standard InChI is InChI=1S/C13H9.C7H11.C5H5.C3H7.Zr/c1-3-7-12-10(5-1)9-11-6-2-4-8-13(11)12;1-7-5-3-2-4-6-7;1-2-4-5-3-1;1-3-2;/h1-9H;1H,2-6H2;1-5H;3H,1-2H3;/q4*-1;+4. The molecule has 0 bridgehead atoms. The third kappa shape index (κ3) is 9.09. The zero-order chi connectivity index (χ0) is 20.0. The average molecular weight is 460 g/mol. The van der Waals surface area contributed by atoms with Crippen molar-refractivity contribution >= 4 is 21.5 Å². The van der Waals surface area contributed by atoms with Crippen LogP contribution in [0.1, 0.15) is 46.0 Å². The van der Waals surface area contributed by atoms with E-state index in [1.807, 2.05) is 50.6 Å². The second-order valence-corrected chi connectivity index (χ2v) is 7.08. The minimum Gasteiger partial charge on any atom is -0.514 e. The number of hydrogen-bond donors (Lipinski definition) is 0. The van der Waals surface area contributed by atoms with E-state index < -0.39 is 0 Å². The number of rotatable bonds is 0. The molecule has 0 spiro atoms. The maximum absolute atomic E-state index is 5.55. The largest absolute Gasteiger partial charge is 4.00 e. The summed E-state index contributed by atoms with van der Waals surface area (Å²) in [6.45, 7) is 9.55. The van der Waals surface area contributed by atoms with Gasteiger partial charge in [0.1, 0.15) is 0 Å². The Balaban J connectivity index is 0.000000223. The summed E-state index contributed by atoms with van der Waals surface area (Å²) in [7, 11) is 0. The minimum absolute atomic E-state index is 0. The van der Waals surface area contributed by atoms with E-state index in [2.05, 4.69) is 54.6 Å². The van der Waals surface area contributed by atoms with E-state index in [-0.39, 0.29) is 26.2 Å². The molecule has 0 nitrogen and oxygen atoms in total. The summed E-state index contributed by atoms with van der Waals surface area (Å²) in [5.74, 6) is 0. The molecule has 148 valence electrons. The van der Waals surface area contributed by atoms with Crippen LogP contribution in [0.15, 0.2) is 90.5 Å². The van der Waals surface area contributed by atoms with E-state index >= 15 is 0 Å². The molecule has 0 aromatic heterocycles. The average Bonchev–Trinajstić information content (AvgIpc) is 3.41. The van der Waals surface area contributed by atoms with Crippen LogP contribution >= 0.6 is 0 Å². The molecule has 0 atom stereocenters. The predicted octanol–water partition coefficient (Wildman–Crippen LogP) is 8.66. The Labute approximate surface area is 196 Å². The van der Waals surface area contributed by atoms with Crippen LogP contribution < -0.4 is 0 Å². The smallest absolute Gasteiger partial charge is 0.514 e. The Hall–Kier alpha value is -1.72. The predicted molar refractivity (Wildman–Crippen MR) is 126 cm³/mol. The molecular weight excluding hydrogens is 428 g/mol.